The van der Waals surface area contributed by atoms with E-state index in [9.17, 15) is 23.2 Å². The molecule has 0 bridgehead atoms. The van der Waals surface area contributed by atoms with Crippen molar-refractivity contribution in [2.75, 3.05) is 31.6 Å². The number of hydrogen-bond donors (Lipinski definition) is 1. The molecule has 0 fully saturated rings. The highest BCUT2D eigenvalue weighted by atomic mass is 19.3. The summed E-state index contributed by atoms with van der Waals surface area (Å²) in [5.74, 6) is -2.22. The van der Waals surface area contributed by atoms with Gasteiger partial charge in [-0.2, -0.15) is 0 Å². The molecule has 142 valence electrons. The zero-order valence-electron chi connectivity index (χ0n) is 14.7. The Morgan fingerprint density at radius 1 is 1.23 bits per heavy atom. The summed E-state index contributed by atoms with van der Waals surface area (Å²) in [6.45, 7) is 0.00686. The molecule has 0 spiro atoms. The predicted octanol–water partition coefficient (Wildman–Crippen LogP) is 1.59. The third kappa shape index (κ3) is 5.24. The summed E-state index contributed by atoms with van der Waals surface area (Å²) in [7, 11) is 1.27. The van der Waals surface area contributed by atoms with E-state index in [0.717, 1.165) is 35.4 Å². The molecule has 1 N–H and O–H groups in total. The van der Waals surface area contributed by atoms with Gasteiger partial charge in [0.1, 0.15) is 0 Å². The van der Waals surface area contributed by atoms with Crippen molar-refractivity contribution in [3.8, 4) is 0 Å². The van der Waals surface area contributed by atoms with Crippen LogP contribution in [-0.2, 0) is 20.8 Å². The Morgan fingerprint density at radius 3 is 2.69 bits per heavy atom. The Bertz CT molecular complexity index is 667. The number of aryl methyl sites for hydroxylation is 1. The second-order valence-electron chi connectivity index (χ2n) is 6.22. The number of nitrogens with zero attached hydrogens (tertiary/aromatic N) is 2. The van der Waals surface area contributed by atoms with Gasteiger partial charge in [0.15, 0.2) is 0 Å². The number of alkyl halides is 2. The van der Waals surface area contributed by atoms with Crippen LogP contribution in [0.25, 0.3) is 0 Å². The molecule has 0 unspecified atom stereocenters. The van der Waals surface area contributed by atoms with E-state index in [-0.39, 0.29) is 19.0 Å². The molecule has 0 radical (unpaired) electrons. The largest absolute Gasteiger partial charge is 0.339 e. The van der Waals surface area contributed by atoms with Gasteiger partial charge in [0.2, 0.25) is 12.3 Å². The van der Waals surface area contributed by atoms with E-state index >= 15 is 0 Å². The van der Waals surface area contributed by atoms with Gasteiger partial charge in [0.25, 0.3) is 0 Å². The summed E-state index contributed by atoms with van der Waals surface area (Å²) in [4.78, 5) is 38.8. The fourth-order valence-electron chi connectivity index (χ4n) is 2.84. The number of amides is 3. The Hall–Kier alpha value is -2.51. The van der Waals surface area contributed by atoms with Crippen molar-refractivity contribution >= 4 is 23.4 Å². The molecule has 3 amide bonds. The van der Waals surface area contributed by atoms with E-state index in [1.165, 1.54) is 7.05 Å². The number of carbonyl (C=O) groups excluding carboxylic acids is 3. The molecule has 2 rings (SSSR count). The van der Waals surface area contributed by atoms with Gasteiger partial charge in [-0.25, -0.2) is 8.78 Å². The first-order chi connectivity index (χ1) is 12.4. The summed E-state index contributed by atoms with van der Waals surface area (Å²) in [5, 5.41) is 2.29. The lowest BCUT2D eigenvalue weighted by Gasteiger charge is -2.23. The van der Waals surface area contributed by atoms with Crippen molar-refractivity contribution in [2.24, 2.45) is 0 Å². The van der Waals surface area contributed by atoms with E-state index in [0.29, 0.717) is 6.54 Å². The minimum Gasteiger partial charge on any atom is -0.339 e. The summed E-state index contributed by atoms with van der Waals surface area (Å²) in [6.07, 6.45) is -0.332. The van der Waals surface area contributed by atoms with Gasteiger partial charge < -0.3 is 15.1 Å². The molecule has 26 heavy (non-hydrogen) atoms. The molecule has 0 atom stereocenters. The Kier molecular flexibility index (Phi) is 7.06. The fraction of sp³-hybridized carbons (Fsp3) is 0.500. The smallest absolute Gasteiger partial charge is 0.311 e. The average molecular weight is 367 g/mol. The summed E-state index contributed by atoms with van der Waals surface area (Å²) >= 11 is 0. The molecular weight excluding hydrogens is 344 g/mol. The monoisotopic (exact) mass is 367 g/mol. The number of para-hydroxylation sites is 1. The molecule has 1 aliphatic rings. The molecule has 0 saturated carbocycles. The lowest BCUT2D eigenvalue weighted by molar-refractivity contribution is -0.145. The number of halogens is 2. The highest BCUT2D eigenvalue weighted by Crippen LogP contribution is 2.25. The first-order valence-electron chi connectivity index (χ1n) is 8.60. The van der Waals surface area contributed by atoms with Crippen molar-refractivity contribution in [1.82, 2.24) is 10.2 Å². The van der Waals surface area contributed by atoms with Crippen molar-refractivity contribution in [3.63, 3.8) is 0 Å². The number of likely N-dealkylation sites (N-methyl/N-ethyl adjacent to an activating group) is 1. The van der Waals surface area contributed by atoms with Crippen LogP contribution in [0.5, 0.6) is 0 Å². The van der Waals surface area contributed by atoms with Crippen LogP contribution < -0.4 is 10.2 Å². The third-order valence-corrected chi connectivity index (χ3v) is 4.29. The van der Waals surface area contributed by atoms with E-state index in [4.69, 9.17) is 0 Å². The average Bonchev–Trinajstić information content (AvgIpc) is 2.85. The first kappa shape index (κ1) is 19.8. The van der Waals surface area contributed by atoms with Crippen LogP contribution in [0, 0.1) is 0 Å². The van der Waals surface area contributed by atoms with Gasteiger partial charge >= 0.3 is 11.8 Å². The van der Waals surface area contributed by atoms with Crippen molar-refractivity contribution in [3.05, 3.63) is 29.8 Å². The lowest BCUT2D eigenvalue weighted by atomic mass is 10.1. The number of nitrogens with one attached hydrogen (secondary N) is 1. The van der Waals surface area contributed by atoms with Gasteiger partial charge in [0.05, 0.1) is 6.54 Å². The van der Waals surface area contributed by atoms with Crippen LogP contribution in [0.3, 0.4) is 0 Å². The SMILES string of the molecule is CN(CCC(F)F)C(=O)C(=O)NCC(=O)N1CCCCc2ccccc21. The number of fused-ring (bicyclic) bond motifs is 1. The Morgan fingerprint density at radius 2 is 1.96 bits per heavy atom. The van der Waals surface area contributed by atoms with Crippen LogP contribution in [0.4, 0.5) is 14.5 Å². The van der Waals surface area contributed by atoms with E-state index in [2.05, 4.69) is 5.32 Å². The zero-order valence-corrected chi connectivity index (χ0v) is 14.7. The van der Waals surface area contributed by atoms with Crippen molar-refractivity contribution in [2.45, 2.75) is 32.1 Å². The molecule has 1 heterocycles. The Labute approximate surface area is 151 Å². The number of rotatable bonds is 5. The molecule has 1 aromatic carbocycles. The molecule has 1 aliphatic heterocycles. The number of benzene rings is 1. The standard InChI is InChI=1S/C18H23F2N3O3/c1-22(11-9-15(19)20)18(26)17(25)21-12-16(24)23-10-5-4-7-13-6-2-3-8-14(13)23/h2-3,6,8,15H,4-5,7,9-12H2,1H3,(H,21,25). The van der Waals surface area contributed by atoms with Crippen LogP contribution in [0.1, 0.15) is 24.8 Å². The van der Waals surface area contributed by atoms with Gasteiger partial charge in [0, 0.05) is 32.2 Å². The van der Waals surface area contributed by atoms with E-state index in [1.807, 2.05) is 24.3 Å². The van der Waals surface area contributed by atoms with Gasteiger partial charge in [-0.1, -0.05) is 18.2 Å². The van der Waals surface area contributed by atoms with Crippen LogP contribution in [0.15, 0.2) is 24.3 Å². The Balaban J connectivity index is 1.92. The van der Waals surface area contributed by atoms with Crippen LogP contribution in [-0.4, -0.2) is 55.7 Å². The molecule has 1 aromatic rings. The highest BCUT2D eigenvalue weighted by molar-refractivity contribution is 6.35. The molecule has 0 aromatic heterocycles. The maximum absolute atomic E-state index is 12.5. The van der Waals surface area contributed by atoms with Crippen molar-refractivity contribution < 1.29 is 23.2 Å². The molecular formula is C18H23F2N3O3. The third-order valence-electron chi connectivity index (χ3n) is 4.29. The quantitative estimate of drug-likeness (QED) is 0.804. The summed E-state index contributed by atoms with van der Waals surface area (Å²) < 4.78 is 24.4. The number of carbonyl (C=O) groups is 3. The minimum atomic E-state index is -2.54. The van der Waals surface area contributed by atoms with Gasteiger partial charge in [-0.3, -0.25) is 14.4 Å². The van der Waals surface area contributed by atoms with Crippen molar-refractivity contribution in [1.29, 1.82) is 0 Å². The fourth-order valence-corrected chi connectivity index (χ4v) is 2.84. The van der Waals surface area contributed by atoms with Gasteiger partial charge in [-0.15, -0.1) is 0 Å². The summed E-state index contributed by atoms with van der Waals surface area (Å²) in [6, 6.07) is 7.61. The maximum atomic E-state index is 12.5. The topological polar surface area (TPSA) is 69.7 Å². The first-order valence-corrected chi connectivity index (χ1v) is 8.60. The summed E-state index contributed by atoms with van der Waals surface area (Å²) in [5.41, 5.74) is 1.90. The highest BCUT2D eigenvalue weighted by Gasteiger charge is 2.24. The van der Waals surface area contributed by atoms with Gasteiger partial charge in [-0.05, 0) is 30.9 Å². The second-order valence-corrected chi connectivity index (χ2v) is 6.22. The van der Waals surface area contributed by atoms with Crippen LogP contribution >= 0.6 is 0 Å². The molecule has 0 saturated heterocycles. The second kappa shape index (κ2) is 9.26. The molecule has 6 nitrogen and oxygen atoms in total. The minimum absolute atomic E-state index is 0.225. The van der Waals surface area contributed by atoms with Crippen LogP contribution in [0.2, 0.25) is 0 Å². The zero-order chi connectivity index (χ0) is 19.1. The normalized spacial score (nSPS) is 13.8. The maximum Gasteiger partial charge on any atom is 0.311 e. The lowest BCUT2D eigenvalue weighted by Crippen LogP contribution is -2.46. The predicted molar refractivity (Wildman–Crippen MR) is 93.0 cm³/mol. The van der Waals surface area contributed by atoms with E-state index < -0.39 is 24.7 Å². The van der Waals surface area contributed by atoms with E-state index in [1.54, 1.807) is 4.90 Å². The molecule has 0 aliphatic carbocycles. The number of hydrogen-bond acceptors (Lipinski definition) is 3. The number of anilines is 1. The molecule has 8 heteroatoms.